The van der Waals surface area contributed by atoms with E-state index < -0.39 is 22.0 Å². The zero-order valence-corrected chi connectivity index (χ0v) is 13.3. The monoisotopic (exact) mass is 346 g/mol. The molecule has 9 heteroatoms. The summed E-state index contributed by atoms with van der Waals surface area (Å²) < 4.78 is 26.2. The SMILES string of the molecule is CC(=O)N1CCN(S(=O)(=O)c2cccc(Cl)c2)C(C(=O)O)C1. The highest BCUT2D eigenvalue weighted by atomic mass is 35.5. The van der Waals surface area contributed by atoms with Crippen LogP contribution >= 0.6 is 11.6 Å². The molecular weight excluding hydrogens is 332 g/mol. The number of carboxylic acid groups (broad SMARTS) is 1. The number of amides is 1. The third-order valence-corrected chi connectivity index (χ3v) is 5.60. The van der Waals surface area contributed by atoms with Gasteiger partial charge >= 0.3 is 5.97 Å². The van der Waals surface area contributed by atoms with Crippen LogP contribution in [0.5, 0.6) is 0 Å². The molecule has 2 rings (SSSR count). The fourth-order valence-electron chi connectivity index (χ4n) is 2.30. The second-order valence-corrected chi connectivity index (χ2v) is 7.22. The number of piperazine rings is 1. The zero-order valence-electron chi connectivity index (χ0n) is 11.8. The van der Waals surface area contributed by atoms with Gasteiger partial charge in [0.1, 0.15) is 6.04 Å². The van der Waals surface area contributed by atoms with E-state index in [9.17, 15) is 23.1 Å². The van der Waals surface area contributed by atoms with Crippen LogP contribution in [-0.2, 0) is 19.6 Å². The van der Waals surface area contributed by atoms with Gasteiger partial charge in [-0.2, -0.15) is 4.31 Å². The molecule has 1 atom stereocenters. The first-order valence-corrected chi connectivity index (χ1v) is 8.31. The number of nitrogens with zero attached hydrogens (tertiary/aromatic N) is 2. The summed E-state index contributed by atoms with van der Waals surface area (Å²) in [7, 11) is -4.00. The summed E-state index contributed by atoms with van der Waals surface area (Å²) >= 11 is 5.80. The molecule has 1 aliphatic rings. The van der Waals surface area contributed by atoms with Gasteiger partial charge in [-0.15, -0.1) is 0 Å². The number of hydrogen-bond acceptors (Lipinski definition) is 4. The van der Waals surface area contributed by atoms with Crippen LogP contribution < -0.4 is 0 Å². The van der Waals surface area contributed by atoms with Crippen molar-refractivity contribution < 1.29 is 23.1 Å². The van der Waals surface area contributed by atoms with Crippen LogP contribution in [0.4, 0.5) is 0 Å². The van der Waals surface area contributed by atoms with Crippen molar-refractivity contribution in [2.75, 3.05) is 19.6 Å². The number of rotatable bonds is 3. The molecule has 1 aromatic carbocycles. The summed E-state index contributed by atoms with van der Waals surface area (Å²) in [6.07, 6.45) is 0. The number of carbonyl (C=O) groups is 2. The van der Waals surface area contributed by atoms with Gasteiger partial charge in [-0.1, -0.05) is 17.7 Å². The van der Waals surface area contributed by atoms with E-state index in [1.54, 1.807) is 0 Å². The topological polar surface area (TPSA) is 95.0 Å². The number of carboxylic acids is 1. The van der Waals surface area contributed by atoms with E-state index in [2.05, 4.69) is 0 Å². The molecule has 0 radical (unpaired) electrons. The zero-order chi connectivity index (χ0) is 16.5. The second-order valence-electron chi connectivity index (χ2n) is 4.89. The minimum absolute atomic E-state index is 0.0671. The van der Waals surface area contributed by atoms with Crippen LogP contribution in [0.1, 0.15) is 6.92 Å². The van der Waals surface area contributed by atoms with Crippen LogP contribution in [0.25, 0.3) is 0 Å². The number of benzene rings is 1. The fraction of sp³-hybridized carbons (Fsp3) is 0.385. The van der Waals surface area contributed by atoms with Gasteiger partial charge in [0.25, 0.3) is 0 Å². The highest BCUT2D eigenvalue weighted by molar-refractivity contribution is 7.89. The highest BCUT2D eigenvalue weighted by Gasteiger charge is 2.40. The molecule has 1 saturated heterocycles. The number of halogens is 1. The Morgan fingerprint density at radius 1 is 1.32 bits per heavy atom. The molecule has 0 saturated carbocycles. The van der Waals surface area contributed by atoms with Crippen LogP contribution in [0.2, 0.25) is 5.02 Å². The first-order valence-electron chi connectivity index (χ1n) is 6.49. The standard InChI is InChI=1S/C13H15ClN2O5S/c1-9(17)15-5-6-16(12(8-15)13(18)19)22(20,21)11-4-2-3-10(14)7-11/h2-4,7,12H,5-6,8H2,1H3,(H,18,19). The summed E-state index contributed by atoms with van der Waals surface area (Å²) in [6, 6.07) is 4.33. The average molecular weight is 347 g/mol. The van der Waals surface area contributed by atoms with E-state index in [1.807, 2.05) is 0 Å². The van der Waals surface area contributed by atoms with Crippen LogP contribution in [0.15, 0.2) is 29.2 Å². The Kier molecular flexibility index (Phi) is 4.74. The van der Waals surface area contributed by atoms with Gasteiger partial charge in [-0.3, -0.25) is 9.59 Å². The number of aliphatic carboxylic acids is 1. The molecule has 7 nitrogen and oxygen atoms in total. The maximum absolute atomic E-state index is 12.6. The van der Waals surface area contributed by atoms with Gasteiger partial charge in [0.15, 0.2) is 0 Å². The predicted molar refractivity (Wildman–Crippen MR) is 79.0 cm³/mol. The molecule has 1 fully saturated rings. The third kappa shape index (κ3) is 3.23. The Morgan fingerprint density at radius 3 is 2.55 bits per heavy atom. The Labute approximate surface area is 133 Å². The van der Waals surface area contributed by atoms with Crippen molar-refractivity contribution in [2.24, 2.45) is 0 Å². The van der Waals surface area contributed by atoms with E-state index in [1.165, 1.54) is 36.1 Å². The predicted octanol–water partition coefficient (Wildman–Crippen LogP) is 0.646. The van der Waals surface area contributed by atoms with Crippen molar-refractivity contribution in [1.82, 2.24) is 9.21 Å². The molecule has 120 valence electrons. The Hall–Kier alpha value is -1.64. The fourth-order valence-corrected chi connectivity index (χ4v) is 4.17. The van der Waals surface area contributed by atoms with Crippen molar-refractivity contribution >= 4 is 33.5 Å². The Morgan fingerprint density at radius 2 is 2.00 bits per heavy atom. The van der Waals surface area contributed by atoms with Gasteiger partial charge in [0.05, 0.1) is 4.90 Å². The minimum atomic E-state index is -4.00. The highest BCUT2D eigenvalue weighted by Crippen LogP contribution is 2.24. The third-order valence-electron chi connectivity index (χ3n) is 3.46. The number of carbonyl (C=O) groups excluding carboxylic acids is 1. The smallest absolute Gasteiger partial charge is 0.323 e. The molecular formula is C13H15ClN2O5S. The molecule has 0 bridgehead atoms. The van der Waals surface area contributed by atoms with Gasteiger partial charge in [-0.25, -0.2) is 8.42 Å². The van der Waals surface area contributed by atoms with Gasteiger partial charge in [0, 0.05) is 31.6 Å². The molecule has 22 heavy (non-hydrogen) atoms. The van der Waals surface area contributed by atoms with Gasteiger partial charge < -0.3 is 10.0 Å². The van der Waals surface area contributed by atoms with Crippen molar-refractivity contribution in [3.05, 3.63) is 29.3 Å². The summed E-state index contributed by atoms with van der Waals surface area (Å²) in [5.41, 5.74) is 0. The van der Waals surface area contributed by atoms with E-state index in [4.69, 9.17) is 11.6 Å². The lowest BCUT2D eigenvalue weighted by Crippen LogP contribution is -2.58. The lowest BCUT2D eigenvalue weighted by atomic mass is 10.2. The van der Waals surface area contributed by atoms with Crippen molar-refractivity contribution in [1.29, 1.82) is 0 Å². The first-order chi connectivity index (χ1) is 10.2. The second kappa shape index (κ2) is 6.23. The molecule has 0 aliphatic carbocycles. The van der Waals surface area contributed by atoms with E-state index >= 15 is 0 Å². The van der Waals surface area contributed by atoms with E-state index in [0.717, 1.165) is 4.31 Å². The van der Waals surface area contributed by atoms with Crippen molar-refractivity contribution in [3.63, 3.8) is 0 Å². The summed E-state index contributed by atoms with van der Waals surface area (Å²) in [6.45, 7) is 1.22. The first kappa shape index (κ1) is 16.7. The van der Waals surface area contributed by atoms with Crippen LogP contribution in [-0.4, -0.2) is 60.3 Å². The molecule has 0 aromatic heterocycles. The molecule has 1 heterocycles. The summed E-state index contributed by atoms with van der Waals surface area (Å²) in [5, 5.41) is 9.55. The molecule has 1 amide bonds. The van der Waals surface area contributed by atoms with Crippen molar-refractivity contribution in [3.8, 4) is 0 Å². The summed E-state index contributed by atoms with van der Waals surface area (Å²) in [5.74, 6) is -1.58. The molecule has 1 N–H and O–H groups in total. The van der Waals surface area contributed by atoms with E-state index in [-0.39, 0.29) is 35.5 Å². The minimum Gasteiger partial charge on any atom is -0.480 e. The molecule has 1 unspecified atom stereocenters. The van der Waals surface area contributed by atoms with E-state index in [0.29, 0.717) is 0 Å². The van der Waals surface area contributed by atoms with Crippen LogP contribution in [0.3, 0.4) is 0 Å². The van der Waals surface area contributed by atoms with Gasteiger partial charge in [-0.05, 0) is 18.2 Å². The largest absolute Gasteiger partial charge is 0.480 e. The molecule has 1 aromatic rings. The lowest BCUT2D eigenvalue weighted by Gasteiger charge is -2.37. The maximum atomic E-state index is 12.6. The van der Waals surface area contributed by atoms with Crippen molar-refractivity contribution in [2.45, 2.75) is 17.9 Å². The Bertz CT molecular complexity index is 706. The number of sulfonamides is 1. The summed E-state index contributed by atoms with van der Waals surface area (Å²) in [4.78, 5) is 24.0. The average Bonchev–Trinajstić information content (AvgIpc) is 2.46. The lowest BCUT2D eigenvalue weighted by molar-refractivity contribution is -0.145. The van der Waals surface area contributed by atoms with Gasteiger partial charge in [0.2, 0.25) is 15.9 Å². The number of hydrogen-bond donors (Lipinski definition) is 1. The quantitative estimate of drug-likeness (QED) is 0.866. The normalized spacial score (nSPS) is 19.9. The molecule has 0 spiro atoms. The maximum Gasteiger partial charge on any atom is 0.323 e. The molecule has 1 aliphatic heterocycles. The Balaban J connectivity index is 2.37. The van der Waals surface area contributed by atoms with Crippen LogP contribution in [0, 0.1) is 0 Å².